The van der Waals surface area contributed by atoms with Gasteiger partial charge in [-0.1, -0.05) is 0 Å². The topological polar surface area (TPSA) is 64.4 Å². The Morgan fingerprint density at radius 3 is 2.59 bits per heavy atom. The minimum Gasteiger partial charge on any atom is -0.464 e. The van der Waals surface area contributed by atoms with E-state index in [2.05, 4.69) is 9.55 Å². The molecule has 1 amide bonds. The molecule has 0 aliphatic carbocycles. The van der Waals surface area contributed by atoms with Crippen LogP contribution >= 0.6 is 0 Å². The number of aromatic nitrogens is 2. The van der Waals surface area contributed by atoms with Crippen molar-refractivity contribution in [2.45, 2.75) is 39.2 Å². The Morgan fingerprint density at radius 1 is 1.23 bits per heavy atom. The van der Waals surface area contributed by atoms with E-state index >= 15 is 0 Å². The zero-order chi connectivity index (χ0) is 15.7. The largest absolute Gasteiger partial charge is 0.464 e. The summed E-state index contributed by atoms with van der Waals surface area (Å²) in [6, 6.07) is 0. The van der Waals surface area contributed by atoms with Gasteiger partial charge in [-0.05, 0) is 31.1 Å². The second kappa shape index (κ2) is 6.10. The molecule has 0 saturated carbocycles. The van der Waals surface area contributed by atoms with Gasteiger partial charge in [-0.15, -0.1) is 0 Å². The number of esters is 1. The number of carbonyl (C=O) groups excluding carboxylic acids is 2. The molecule has 0 spiro atoms. The smallest absolute Gasteiger partial charge is 0.358 e. The Bertz CT molecular complexity index is 573. The average Bonchev–Trinajstić information content (AvgIpc) is 2.97. The quantitative estimate of drug-likeness (QED) is 0.777. The Balaban J connectivity index is 1.64. The van der Waals surface area contributed by atoms with Crippen molar-refractivity contribution in [3.63, 3.8) is 0 Å². The molecule has 1 saturated heterocycles. The maximum absolute atomic E-state index is 11.6. The molecule has 1 unspecified atom stereocenters. The van der Waals surface area contributed by atoms with E-state index in [4.69, 9.17) is 4.74 Å². The first-order valence-electron chi connectivity index (χ1n) is 7.98. The summed E-state index contributed by atoms with van der Waals surface area (Å²) in [7, 11) is 1.38. The third kappa shape index (κ3) is 2.87. The highest BCUT2D eigenvalue weighted by atomic mass is 16.5. The van der Waals surface area contributed by atoms with Crippen LogP contribution in [0.4, 0.5) is 0 Å². The van der Waals surface area contributed by atoms with Crippen LogP contribution in [0.15, 0.2) is 6.20 Å². The summed E-state index contributed by atoms with van der Waals surface area (Å²) in [5.74, 6) is 2.07. The summed E-state index contributed by atoms with van der Waals surface area (Å²) < 4.78 is 6.85. The second-order valence-corrected chi connectivity index (χ2v) is 6.33. The van der Waals surface area contributed by atoms with Crippen molar-refractivity contribution in [1.82, 2.24) is 14.5 Å². The van der Waals surface area contributed by atoms with Crippen molar-refractivity contribution < 1.29 is 14.3 Å². The number of ether oxygens (including phenoxy) is 1. The van der Waals surface area contributed by atoms with Gasteiger partial charge in [-0.2, -0.15) is 0 Å². The minimum atomic E-state index is -0.367. The van der Waals surface area contributed by atoms with Gasteiger partial charge in [0.15, 0.2) is 5.69 Å². The van der Waals surface area contributed by atoms with Crippen molar-refractivity contribution in [1.29, 1.82) is 0 Å². The summed E-state index contributed by atoms with van der Waals surface area (Å²) in [6.07, 6.45) is 6.01. The van der Waals surface area contributed by atoms with Gasteiger partial charge < -0.3 is 14.2 Å². The lowest BCUT2D eigenvalue weighted by Crippen LogP contribution is -2.40. The van der Waals surface area contributed by atoms with E-state index in [1.807, 2.05) is 11.1 Å². The number of fused-ring (bicyclic) bond motifs is 1. The number of methoxy groups -OCH3 is 1. The van der Waals surface area contributed by atoms with Crippen molar-refractivity contribution in [3.05, 3.63) is 17.7 Å². The molecule has 2 aliphatic heterocycles. The maximum atomic E-state index is 11.6. The van der Waals surface area contributed by atoms with Crippen molar-refractivity contribution in [2.75, 3.05) is 20.2 Å². The van der Waals surface area contributed by atoms with Crippen molar-refractivity contribution >= 4 is 11.9 Å². The zero-order valence-corrected chi connectivity index (χ0v) is 13.2. The van der Waals surface area contributed by atoms with Gasteiger partial charge in [-0.25, -0.2) is 9.78 Å². The lowest BCUT2D eigenvalue weighted by molar-refractivity contribution is -0.130. The molecule has 3 rings (SSSR count). The standard InChI is InChI=1S/C16H23N3O3/c1-11(20)18-7-5-12(6-8-18)13-3-4-15-17-14(16(21)22-2)10-19(15)9-13/h10,12-13H,3-9H2,1-2H3. The average molecular weight is 305 g/mol. The van der Waals surface area contributed by atoms with E-state index < -0.39 is 0 Å². The molecule has 0 N–H and O–H groups in total. The number of hydrogen-bond acceptors (Lipinski definition) is 4. The molecule has 6 heteroatoms. The zero-order valence-electron chi connectivity index (χ0n) is 13.2. The summed E-state index contributed by atoms with van der Waals surface area (Å²) >= 11 is 0. The lowest BCUT2D eigenvalue weighted by Gasteiger charge is -2.37. The van der Waals surface area contributed by atoms with Gasteiger partial charge in [0, 0.05) is 39.2 Å². The van der Waals surface area contributed by atoms with E-state index in [1.165, 1.54) is 7.11 Å². The molecule has 0 bridgehead atoms. The van der Waals surface area contributed by atoms with Crippen LogP contribution < -0.4 is 0 Å². The van der Waals surface area contributed by atoms with Crippen LogP contribution in [0, 0.1) is 11.8 Å². The van der Waals surface area contributed by atoms with Crippen molar-refractivity contribution in [2.24, 2.45) is 11.8 Å². The normalized spacial score (nSPS) is 22.3. The first kappa shape index (κ1) is 15.1. The van der Waals surface area contributed by atoms with Crippen molar-refractivity contribution in [3.8, 4) is 0 Å². The molecule has 1 atom stereocenters. The summed E-state index contributed by atoms with van der Waals surface area (Å²) in [6.45, 7) is 4.32. The number of likely N-dealkylation sites (tertiary alicyclic amines) is 1. The lowest BCUT2D eigenvalue weighted by atomic mass is 9.80. The molecule has 120 valence electrons. The monoisotopic (exact) mass is 305 g/mol. The SMILES string of the molecule is COC(=O)c1cn2c(n1)CCC(C1CCN(C(C)=O)CC1)C2. The number of aryl methyl sites for hydroxylation is 1. The first-order valence-corrected chi connectivity index (χ1v) is 7.98. The Labute approximate surface area is 130 Å². The van der Waals surface area contributed by atoms with Crippen LogP contribution in [0.2, 0.25) is 0 Å². The number of rotatable bonds is 2. The minimum absolute atomic E-state index is 0.182. The second-order valence-electron chi connectivity index (χ2n) is 6.33. The van der Waals surface area contributed by atoms with E-state index in [0.717, 1.165) is 51.1 Å². The maximum Gasteiger partial charge on any atom is 0.358 e. The number of nitrogens with zero attached hydrogens (tertiary/aromatic N) is 3. The van der Waals surface area contributed by atoms with Gasteiger partial charge >= 0.3 is 5.97 Å². The molecule has 1 fully saturated rings. The van der Waals surface area contributed by atoms with Gasteiger partial charge in [0.05, 0.1) is 7.11 Å². The molecule has 0 aromatic carbocycles. The predicted octanol–water partition coefficient (Wildman–Crippen LogP) is 1.49. The molecule has 2 aliphatic rings. The molecular weight excluding hydrogens is 282 g/mol. The van der Waals surface area contributed by atoms with E-state index in [-0.39, 0.29) is 11.9 Å². The Morgan fingerprint density at radius 2 is 1.95 bits per heavy atom. The third-order valence-electron chi connectivity index (χ3n) is 5.08. The number of imidazole rings is 1. The van der Waals surface area contributed by atoms with E-state index in [0.29, 0.717) is 17.5 Å². The number of amides is 1. The van der Waals surface area contributed by atoms with Gasteiger partial charge in [0.2, 0.25) is 5.91 Å². The highest BCUT2D eigenvalue weighted by Crippen LogP contribution is 2.32. The number of hydrogen-bond donors (Lipinski definition) is 0. The van der Waals surface area contributed by atoms with Gasteiger partial charge in [0.1, 0.15) is 5.82 Å². The van der Waals surface area contributed by atoms with Crippen LogP contribution in [-0.4, -0.2) is 46.5 Å². The molecule has 1 aromatic heterocycles. The third-order valence-corrected chi connectivity index (χ3v) is 5.08. The van der Waals surface area contributed by atoms with Crippen LogP contribution in [0.3, 0.4) is 0 Å². The molecule has 1 aromatic rings. The van der Waals surface area contributed by atoms with Crippen LogP contribution in [-0.2, 0) is 22.5 Å². The molecule has 22 heavy (non-hydrogen) atoms. The summed E-state index contributed by atoms with van der Waals surface area (Å²) in [5, 5.41) is 0. The van der Waals surface area contributed by atoms with Gasteiger partial charge in [-0.3, -0.25) is 4.79 Å². The van der Waals surface area contributed by atoms with Crippen LogP contribution in [0.1, 0.15) is 42.5 Å². The fourth-order valence-electron chi connectivity index (χ4n) is 3.74. The highest BCUT2D eigenvalue weighted by molar-refractivity contribution is 5.86. The number of carbonyl (C=O) groups is 2. The summed E-state index contributed by atoms with van der Waals surface area (Å²) in [4.78, 5) is 29.3. The molecular formula is C16H23N3O3. The van der Waals surface area contributed by atoms with Gasteiger partial charge in [0.25, 0.3) is 0 Å². The van der Waals surface area contributed by atoms with Crippen LogP contribution in [0.25, 0.3) is 0 Å². The van der Waals surface area contributed by atoms with E-state index in [1.54, 1.807) is 6.92 Å². The molecule has 0 radical (unpaired) electrons. The fourth-order valence-corrected chi connectivity index (χ4v) is 3.74. The highest BCUT2D eigenvalue weighted by Gasteiger charge is 2.31. The van der Waals surface area contributed by atoms with E-state index in [9.17, 15) is 9.59 Å². The summed E-state index contributed by atoms with van der Waals surface area (Å²) in [5.41, 5.74) is 0.407. The Kier molecular flexibility index (Phi) is 4.18. The fraction of sp³-hybridized carbons (Fsp3) is 0.688. The molecule has 3 heterocycles. The number of piperidine rings is 1. The first-order chi connectivity index (χ1) is 10.6. The molecule has 6 nitrogen and oxygen atoms in total. The predicted molar refractivity (Wildman–Crippen MR) is 80.4 cm³/mol. The van der Waals surface area contributed by atoms with Crippen LogP contribution in [0.5, 0.6) is 0 Å². The Hall–Kier alpha value is -1.85.